The van der Waals surface area contributed by atoms with Crippen LogP contribution in [0.3, 0.4) is 0 Å². The average molecular weight is 252 g/mol. The van der Waals surface area contributed by atoms with Crippen LogP contribution in [0, 0.1) is 5.41 Å². The number of benzene rings is 1. The van der Waals surface area contributed by atoms with Crippen molar-refractivity contribution in [3.8, 4) is 0 Å². The summed E-state index contributed by atoms with van der Waals surface area (Å²) in [6.45, 7) is 5.68. The van der Waals surface area contributed by atoms with Crippen molar-refractivity contribution >= 4 is 0 Å². The van der Waals surface area contributed by atoms with E-state index in [0.29, 0.717) is 13.2 Å². The molecule has 1 aromatic carbocycles. The maximum atomic E-state index is 5.66. The van der Waals surface area contributed by atoms with Gasteiger partial charge in [0.2, 0.25) is 0 Å². The van der Waals surface area contributed by atoms with Gasteiger partial charge < -0.3 is 9.47 Å². The SMILES string of the molecule is CC(C)(CCOCc1ccccc1)C1OCOO1. The molecule has 0 radical (unpaired) electrons. The van der Waals surface area contributed by atoms with Crippen molar-refractivity contribution in [2.45, 2.75) is 33.2 Å². The zero-order valence-corrected chi connectivity index (χ0v) is 10.9. The summed E-state index contributed by atoms with van der Waals surface area (Å²) >= 11 is 0. The molecule has 4 heteroatoms. The monoisotopic (exact) mass is 252 g/mol. The van der Waals surface area contributed by atoms with Crippen LogP contribution in [0.25, 0.3) is 0 Å². The molecular weight excluding hydrogens is 232 g/mol. The molecule has 18 heavy (non-hydrogen) atoms. The molecule has 1 atom stereocenters. The highest BCUT2D eigenvalue weighted by Crippen LogP contribution is 2.31. The van der Waals surface area contributed by atoms with Gasteiger partial charge in [-0.1, -0.05) is 44.2 Å². The number of hydrogen-bond acceptors (Lipinski definition) is 4. The Morgan fingerprint density at radius 3 is 2.72 bits per heavy atom. The van der Waals surface area contributed by atoms with E-state index in [1.807, 2.05) is 18.2 Å². The van der Waals surface area contributed by atoms with E-state index < -0.39 is 0 Å². The predicted octanol–water partition coefficient (Wildman–Crippen LogP) is 2.88. The number of hydrogen-bond donors (Lipinski definition) is 0. The molecule has 1 heterocycles. The van der Waals surface area contributed by atoms with E-state index in [1.54, 1.807) is 0 Å². The summed E-state index contributed by atoms with van der Waals surface area (Å²) in [5.41, 5.74) is 1.07. The second-order valence-corrected chi connectivity index (χ2v) is 5.11. The van der Waals surface area contributed by atoms with Crippen LogP contribution in [0.2, 0.25) is 0 Å². The lowest BCUT2D eigenvalue weighted by atomic mass is 9.89. The summed E-state index contributed by atoms with van der Waals surface area (Å²) in [4.78, 5) is 9.81. The van der Waals surface area contributed by atoms with E-state index in [2.05, 4.69) is 26.0 Å². The molecular formula is C14H20O4. The van der Waals surface area contributed by atoms with E-state index >= 15 is 0 Å². The van der Waals surface area contributed by atoms with Crippen LogP contribution in [-0.2, 0) is 25.9 Å². The van der Waals surface area contributed by atoms with Crippen LogP contribution in [0.5, 0.6) is 0 Å². The highest BCUT2D eigenvalue weighted by Gasteiger charge is 2.35. The Bertz CT molecular complexity index is 344. The van der Waals surface area contributed by atoms with Gasteiger partial charge in [0.25, 0.3) is 0 Å². The van der Waals surface area contributed by atoms with Gasteiger partial charge in [-0.25, -0.2) is 9.78 Å². The molecule has 0 aromatic heterocycles. The smallest absolute Gasteiger partial charge is 0.199 e. The lowest BCUT2D eigenvalue weighted by Gasteiger charge is -2.27. The van der Waals surface area contributed by atoms with Gasteiger partial charge in [0.1, 0.15) is 0 Å². The summed E-state index contributed by atoms with van der Waals surface area (Å²) in [5, 5.41) is 0. The summed E-state index contributed by atoms with van der Waals surface area (Å²) < 4.78 is 11.0. The molecule has 1 fully saturated rings. The second kappa shape index (κ2) is 6.29. The van der Waals surface area contributed by atoms with E-state index in [4.69, 9.17) is 19.2 Å². The first-order valence-corrected chi connectivity index (χ1v) is 6.20. The Morgan fingerprint density at radius 2 is 2.06 bits per heavy atom. The van der Waals surface area contributed by atoms with Gasteiger partial charge in [0.05, 0.1) is 6.61 Å². The van der Waals surface area contributed by atoms with Crippen molar-refractivity contribution in [3.63, 3.8) is 0 Å². The van der Waals surface area contributed by atoms with Gasteiger partial charge in [-0.2, -0.15) is 0 Å². The van der Waals surface area contributed by atoms with Crippen LogP contribution in [0.1, 0.15) is 25.8 Å². The van der Waals surface area contributed by atoms with Crippen molar-refractivity contribution in [1.29, 1.82) is 0 Å². The highest BCUT2D eigenvalue weighted by molar-refractivity contribution is 5.13. The lowest BCUT2D eigenvalue weighted by molar-refractivity contribution is -0.299. The van der Waals surface area contributed by atoms with Crippen LogP contribution in [0.15, 0.2) is 30.3 Å². The topological polar surface area (TPSA) is 36.9 Å². The van der Waals surface area contributed by atoms with Crippen molar-refractivity contribution < 1.29 is 19.2 Å². The van der Waals surface area contributed by atoms with Gasteiger partial charge >= 0.3 is 0 Å². The molecule has 0 spiro atoms. The quantitative estimate of drug-likeness (QED) is 0.576. The van der Waals surface area contributed by atoms with Gasteiger partial charge in [-0.05, 0) is 12.0 Å². The molecule has 2 rings (SSSR count). The van der Waals surface area contributed by atoms with E-state index in [9.17, 15) is 0 Å². The van der Waals surface area contributed by atoms with Crippen molar-refractivity contribution in [3.05, 3.63) is 35.9 Å². The first-order valence-electron chi connectivity index (χ1n) is 6.20. The molecule has 0 N–H and O–H groups in total. The molecule has 0 amide bonds. The largest absolute Gasteiger partial charge is 0.377 e. The minimum absolute atomic E-state index is 0.118. The highest BCUT2D eigenvalue weighted by atomic mass is 17.3. The molecule has 0 bridgehead atoms. The predicted molar refractivity (Wildman–Crippen MR) is 66.4 cm³/mol. The molecule has 1 aliphatic heterocycles. The Hall–Kier alpha value is -0.940. The molecule has 100 valence electrons. The van der Waals surface area contributed by atoms with Crippen LogP contribution < -0.4 is 0 Å². The molecule has 0 aliphatic carbocycles. The van der Waals surface area contributed by atoms with Gasteiger partial charge in [-0.15, -0.1) is 0 Å². The van der Waals surface area contributed by atoms with Gasteiger partial charge in [-0.3, -0.25) is 0 Å². The molecule has 1 unspecified atom stereocenters. The standard InChI is InChI=1S/C14H20O4/c1-14(2,13-16-11-17-18-13)8-9-15-10-12-6-4-3-5-7-12/h3-7,13H,8-11H2,1-2H3. The fourth-order valence-electron chi connectivity index (χ4n) is 1.78. The summed E-state index contributed by atoms with van der Waals surface area (Å²) in [6, 6.07) is 10.1. The van der Waals surface area contributed by atoms with Gasteiger partial charge in [0.15, 0.2) is 13.1 Å². The van der Waals surface area contributed by atoms with E-state index in [0.717, 1.165) is 6.42 Å². The first kappa shape index (κ1) is 13.5. The zero-order chi connectivity index (χ0) is 12.8. The van der Waals surface area contributed by atoms with Crippen molar-refractivity contribution in [1.82, 2.24) is 0 Å². The lowest BCUT2D eigenvalue weighted by Crippen LogP contribution is -2.31. The minimum Gasteiger partial charge on any atom is -0.377 e. The molecule has 1 aromatic rings. The first-order chi connectivity index (χ1) is 8.68. The van der Waals surface area contributed by atoms with Crippen molar-refractivity contribution in [2.75, 3.05) is 13.4 Å². The van der Waals surface area contributed by atoms with Gasteiger partial charge in [0, 0.05) is 12.0 Å². The fourth-order valence-corrected chi connectivity index (χ4v) is 1.78. The van der Waals surface area contributed by atoms with Crippen LogP contribution in [0.4, 0.5) is 0 Å². The van der Waals surface area contributed by atoms with E-state index in [-0.39, 0.29) is 18.5 Å². The molecule has 1 saturated heterocycles. The van der Waals surface area contributed by atoms with Crippen molar-refractivity contribution in [2.24, 2.45) is 5.41 Å². The molecule has 1 aliphatic rings. The van der Waals surface area contributed by atoms with Crippen LogP contribution >= 0.6 is 0 Å². The summed E-state index contributed by atoms with van der Waals surface area (Å²) in [6.07, 6.45) is 0.547. The Morgan fingerprint density at radius 1 is 1.28 bits per heavy atom. The summed E-state index contributed by atoms with van der Waals surface area (Å²) in [5.74, 6) is 0. The fraction of sp³-hybridized carbons (Fsp3) is 0.571. The maximum Gasteiger partial charge on any atom is 0.199 e. The minimum atomic E-state index is -0.308. The third kappa shape index (κ3) is 3.78. The third-order valence-corrected chi connectivity index (χ3v) is 3.06. The second-order valence-electron chi connectivity index (χ2n) is 5.11. The number of rotatable bonds is 6. The zero-order valence-electron chi connectivity index (χ0n) is 10.9. The number of ether oxygens (including phenoxy) is 2. The molecule has 4 nitrogen and oxygen atoms in total. The normalized spacial score (nSPS) is 20.2. The average Bonchev–Trinajstić information content (AvgIpc) is 2.91. The molecule has 0 saturated carbocycles. The summed E-state index contributed by atoms with van der Waals surface area (Å²) in [7, 11) is 0. The Balaban J connectivity index is 1.68. The van der Waals surface area contributed by atoms with Crippen LogP contribution in [-0.4, -0.2) is 19.7 Å². The Labute approximate surface area is 108 Å². The third-order valence-electron chi connectivity index (χ3n) is 3.06. The Kier molecular flexibility index (Phi) is 4.72. The maximum absolute atomic E-state index is 5.66. The van der Waals surface area contributed by atoms with E-state index in [1.165, 1.54) is 5.56 Å².